The second kappa shape index (κ2) is 32.9. The average molecular weight is 1380 g/mol. The van der Waals surface area contributed by atoms with Gasteiger partial charge in [-0.2, -0.15) is 0 Å². The minimum Gasteiger partial charge on any atom is -0.497 e. The number of hydrogen-bond acceptors (Lipinski definition) is 14. The molecule has 3 N–H and O–H groups in total. The molecule has 0 bridgehead atoms. The van der Waals surface area contributed by atoms with Gasteiger partial charge in [-0.25, -0.2) is 25.3 Å². The van der Waals surface area contributed by atoms with Crippen molar-refractivity contribution in [1.29, 1.82) is 0 Å². The summed E-state index contributed by atoms with van der Waals surface area (Å²) in [6.07, 6.45) is 2.23. The molecular weight excluding hydrogens is 1300 g/mol. The van der Waals surface area contributed by atoms with Crippen LogP contribution in [0, 0.1) is 0 Å². The van der Waals surface area contributed by atoms with Crippen LogP contribution in [0.15, 0.2) is 251 Å². The van der Waals surface area contributed by atoms with Gasteiger partial charge in [-0.1, -0.05) is 127 Å². The Hall–Kier alpha value is -9.05. The molecule has 6 atom stereocenters. The van der Waals surface area contributed by atoms with Crippen LogP contribution in [0.1, 0.15) is 88.7 Å². The van der Waals surface area contributed by atoms with Gasteiger partial charge in [0, 0.05) is 83.6 Å². The van der Waals surface area contributed by atoms with Gasteiger partial charge >= 0.3 is 0 Å². The van der Waals surface area contributed by atoms with Crippen molar-refractivity contribution in [3.8, 4) is 17.2 Å². The van der Waals surface area contributed by atoms with E-state index in [1.54, 1.807) is 76.8 Å². The van der Waals surface area contributed by atoms with E-state index in [0.29, 0.717) is 53.5 Å². The highest BCUT2D eigenvalue weighted by atomic mass is 35.7. The average Bonchev–Trinajstić information content (AvgIpc) is 0.752. The number of carbonyl (C=O) groups excluding carboxylic acids is 2. The number of anilines is 6. The van der Waals surface area contributed by atoms with Crippen LogP contribution in [0.4, 0.5) is 34.1 Å². The van der Waals surface area contributed by atoms with Crippen LogP contribution in [0.25, 0.3) is 0 Å². The number of sulfonamides is 2. The second-order valence-electron chi connectivity index (χ2n) is 22.6. The van der Waals surface area contributed by atoms with E-state index >= 15 is 0 Å². The molecule has 9 aromatic rings. The number of halogens is 2. The summed E-state index contributed by atoms with van der Waals surface area (Å²) in [5.74, 6) is 1.38. The lowest BCUT2D eigenvalue weighted by Gasteiger charge is -2.43. The van der Waals surface area contributed by atoms with Crippen molar-refractivity contribution in [2.75, 3.05) is 50.8 Å². The molecule has 0 spiro atoms. The minimum atomic E-state index is -3.84. The summed E-state index contributed by atoms with van der Waals surface area (Å²) in [6.45, 7) is 8.90. The standard InChI is InChI=1S/C25H26N2O4S.C23H24N2O3S.C16H18N2.C7H7ClO3S.C2H3ClO/c1-18-16-25(26(19(2)28)20-10-5-4-6-11-20)23-14-7-8-15-24(23)27(18)32(29,30)22-13-9-12-21(17-22)31-3;1-17-15-22(24-18-9-4-3-5-10-18)21-13-6-7-14-23(21)25(17)29(26,27)20-12-8-11-19(16-20)28-2;1-12-11-16(18-13-7-3-2-4-8-13)14-9-5-6-10-15(14)17-12;1-11-6-3-2-4-7(5-6)12(8,9)10;1-2(3)4/h4-15,17-18,25H,16H2,1-3H3;3-14,16-17,22,24H,15H2,1-2H3;2-10,12,16-18H,11H2,1H3;2-5H,1H3;1H3. The summed E-state index contributed by atoms with van der Waals surface area (Å²) in [5.41, 5.74) is 8.68. The third-order valence-corrected chi connectivity index (χ3v) is 21.0. The zero-order valence-corrected chi connectivity index (χ0v) is 57.9. The summed E-state index contributed by atoms with van der Waals surface area (Å²) in [7, 11) is -1.61. The molecule has 22 heteroatoms. The summed E-state index contributed by atoms with van der Waals surface area (Å²) in [4.78, 5) is 24.1. The summed E-state index contributed by atoms with van der Waals surface area (Å²) < 4.78 is 94.4. The Morgan fingerprint density at radius 3 is 1.32 bits per heavy atom. The van der Waals surface area contributed by atoms with Crippen molar-refractivity contribution >= 4 is 96.7 Å². The Kier molecular flexibility index (Phi) is 24.8. The highest BCUT2D eigenvalue weighted by Crippen LogP contribution is 2.46. The quantitative estimate of drug-likeness (QED) is 0.0865. The normalized spacial score (nSPS) is 17.6. The van der Waals surface area contributed by atoms with Gasteiger partial charge in [0.25, 0.3) is 29.1 Å². The van der Waals surface area contributed by atoms with Gasteiger partial charge in [0.1, 0.15) is 17.2 Å². The van der Waals surface area contributed by atoms with E-state index in [0.717, 1.165) is 28.9 Å². The first-order valence-corrected chi connectivity index (χ1v) is 36.1. The van der Waals surface area contributed by atoms with E-state index in [4.69, 9.17) is 24.9 Å². The number of amides is 1. The molecular formula is C73H78Cl2N6O11S3. The highest BCUT2D eigenvalue weighted by molar-refractivity contribution is 8.13. The van der Waals surface area contributed by atoms with E-state index in [1.807, 2.05) is 123 Å². The number of carbonyl (C=O) groups is 2. The van der Waals surface area contributed by atoms with Gasteiger partial charge in [0.05, 0.1) is 65.5 Å². The number of nitrogens with one attached hydrogen (secondary N) is 3. The third kappa shape index (κ3) is 18.5. The Morgan fingerprint density at radius 2 is 0.853 bits per heavy atom. The lowest BCUT2D eigenvalue weighted by molar-refractivity contribution is -0.117. The first-order chi connectivity index (χ1) is 45.4. The molecule has 0 aliphatic carbocycles. The van der Waals surface area contributed by atoms with Crippen molar-refractivity contribution in [1.82, 2.24) is 0 Å². The molecule has 0 saturated heterocycles. The van der Waals surface area contributed by atoms with Crippen LogP contribution in [0.2, 0.25) is 0 Å². The number of ether oxygens (including phenoxy) is 3. The molecule has 9 aromatic carbocycles. The molecule has 12 rings (SSSR count). The lowest BCUT2D eigenvalue weighted by Crippen LogP contribution is -2.47. The van der Waals surface area contributed by atoms with E-state index < -0.39 is 29.1 Å². The summed E-state index contributed by atoms with van der Waals surface area (Å²) in [5, 5.41) is 10.4. The van der Waals surface area contributed by atoms with Gasteiger partial charge in [-0.15, -0.1) is 0 Å². The number of benzene rings is 9. The molecule has 95 heavy (non-hydrogen) atoms. The summed E-state index contributed by atoms with van der Waals surface area (Å²) in [6, 6.07) is 72.7. The minimum absolute atomic E-state index is 0.0281. The fraction of sp³-hybridized carbons (Fsp3) is 0.233. The van der Waals surface area contributed by atoms with Gasteiger partial charge < -0.3 is 35.1 Å². The Morgan fingerprint density at radius 1 is 0.474 bits per heavy atom. The van der Waals surface area contributed by atoms with Crippen molar-refractivity contribution in [2.24, 2.45) is 0 Å². The van der Waals surface area contributed by atoms with Crippen LogP contribution in [-0.4, -0.2) is 75.9 Å². The SMILES string of the molecule is CC(=O)Cl.CC1CC(Nc2ccccc2)c2ccccc2N1.COc1cccc(S(=O)(=O)Cl)c1.COc1cccc(S(=O)(=O)N2c3ccccc3C(N(C(C)=O)c3ccccc3)CC2C)c1.COc1cccc(S(=O)(=O)N2c3ccccc3C(Nc3ccccc3)CC2C)c1. The van der Waals surface area contributed by atoms with Gasteiger partial charge in [-0.05, 0) is 159 Å². The molecule has 498 valence electrons. The topological polar surface area (TPSA) is 210 Å². The first kappa shape index (κ1) is 71.8. The van der Waals surface area contributed by atoms with Crippen LogP contribution in [0.3, 0.4) is 0 Å². The zero-order chi connectivity index (χ0) is 68.5. The van der Waals surface area contributed by atoms with Crippen molar-refractivity contribution < 1.29 is 49.1 Å². The van der Waals surface area contributed by atoms with E-state index in [9.17, 15) is 34.8 Å². The molecule has 3 heterocycles. The second-order valence-corrected chi connectivity index (χ2v) is 29.3. The molecule has 3 aliphatic rings. The van der Waals surface area contributed by atoms with Crippen molar-refractivity contribution in [2.45, 2.75) is 105 Å². The van der Waals surface area contributed by atoms with Crippen LogP contribution in [0.5, 0.6) is 17.2 Å². The van der Waals surface area contributed by atoms with E-state index in [1.165, 1.54) is 67.7 Å². The first-order valence-electron chi connectivity index (χ1n) is 30.6. The molecule has 3 aliphatic heterocycles. The monoisotopic (exact) mass is 1380 g/mol. The Labute approximate surface area is 568 Å². The molecule has 1 amide bonds. The van der Waals surface area contributed by atoms with Crippen molar-refractivity contribution in [3.63, 3.8) is 0 Å². The van der Waals surface area contributed by atoms with Crippen LogP contribution >= 0.6 is 22.3 Å². The summed E-state index contributed by atoms with van der Waals surface area (Å²) >= 11 is 4.64. The van der Waals surface area contributed by atoms with Gasteiger partial charge in [0.15, 0.2) is 0 Å². The number of methoxy groups -OCH3 is 3. The van der Waals surface area contributed by atoms with E-state index in [-0.39, 0.29) is 50.0 Å². The van der Waals surface area contributed by atoms with E-state index in [2.05, 4.69) is 83.0 Å². The number of rotatable bonds is 14. The number of fused-ring (bicyclic) bond motifs is 3. The third-order valence-electron chi connectivity index (χ3n) is 15.8. The predicted molar refractivity (Wildman–Crippen MR) is 381 cm³/mol. The maximum atomic E-state index is 13.7. The maximum absolute atomic E-state index is 13.7. The smallest absolute Gasteiger partial charge is 0.264 e. The fourth-order valence-electron chi connectivity index (χ4n) is 11.7. The zero-order valence-electron chi connectivity index (χ0n) is 53.9. The maximum Gasteiger partial charge on any atom is 0.264 e. The fourth-order valence-corrected chi connectivity index (χ4v) is 15.9. The number of hydrogen-bond donors (Lipinski definition) is 3. The van der Waals surface area contributed by atoms with Crippen molar-refractivity contribution in [3.05, 3.63) is 253 Å². The molecule has 0 radical (unpaired) electrons. The molecule has 0 fully saturated rings. The van der Waals surface area contributed by atoms with Crippen LogP contribution < -0.4 is 43.7 Å². The molecule has 0 aromatic heterocycles. The van der Waals surface area contributed by atoms with Crippen LogP contribution in [-0.2, 0) is 38.7 Å². The highest BCUT2D eigenvalue weighted by Gasteiger charge is 2.42. The lowest BCUT2D eigenvalue weighted by atomic mass is 9.91. The molecule has 17 nitrogen and oxygen atoms in total. The predicted octanol–water partition coefficient (Wildman–Crippen LogP) is 16.1. The molecule has 0 saturated carbocycles. The van der Waals surface area contributed by atoms with Gasteiger partial charge in [-0.3, -0.25) is 18.2 Å². The Balaban J connectivity index is 0.000000167. The largest absolute Gasteiger partial charge is 0.497 e. The number of para-hydroxylation sites is 6. The number of nitrogens with zero attached hydrogens (tertiary/aromatic N) is 3. The Bertz CT molecular complexity index is 4390. The molecule has 6 unspecified atom stereocenters. The van der Waals surface area contributed by atoms with Gasteiger partial charge in [0.2, 0.25) is 11.1 Å².